The molecule has 0 saturated heterocycles. The predicted molar refractivity (Wildman–Crippen MR) is 131 cm³/mol. The molecular formula is C26H19F3N4O2S. The van der Waals surface area contributed by atoms with E-state index in [2.05, 4.69) is 9.97 Å². The van der Waals surface area contributed by atoms with Crippen LogP contribution in [0.4, 0.5) is 13.2 Å². The number of hydrogen-bond donors (Lipinski definition) is 1. The zero-order valence-electron chi connectivity index (χ0n) is 18.7. The van der Waals surface area contributed by atoms with Crippen LogP contribution in [0.15, 0.2) is 94.9 Å². The van der Waals surface area contributed by atoms with Gasteiger partial charge in [0, 0.05) is 34.8 Å². The summed E-state index contributed by atoms with van der Waals surface area (Å²) in [6, 6.07) is 20.0. The zero-order valence-corrected chi connectivity index (χ0v) is 19.5. The highest BCUT2D eigenvalue weighted by molar-refractivity contribution is 8.00. The van der Waals surface area contributed by atoms with Crippen LogP contribution in [-0.4, -0.2) is 29.7 Å². The Morgan fingerprint density at radius 3 is 2.36 bits per heavy atom. The van der Waals surface area contributed by atoms with E-state index in [1.807, 2.05) is 36.4 Å². The van der Waals surface area contributed by atoms with Crippen LogP contribution < -0.4 is 5.69 Å². The van der Waals surface area contributed by atoms with Crippen LogP contribution in [0.1, 0.15) is 17.0 Å². The van der Waals surface area contributed by atoms with Gasteiger partial charge >= 0.3 is 11.2 Å². The topological polar surface area (TPSA) is 72.9 Å². The molecule has 3 heterocycles. The average molecular weight is 509 g/mol. The van der Waals surface area contributed by atoms with Gasteiger partial charge in [0.2, 0.25) is 5.88 Å². The van der Waals surface area contributed by atoms with Gasteiger partial charge in [-0.3, -0.25) is 14.5 Å². The molecule has 0 bridgehead atoms. The molecule has 0 aliphatic heterocycles. The number of nitrogens with zero attached hydrogens (tertiary/aromatic N) is 4. The number of rotatable bonds is 6. The van der Waals surface area contributed by atoms with Crippen LogP contribution in [0.2, 0.25) is 0 Å². The number of benzene rings is 2. The number of imidazole rings is 1. The SMILES string of the molecule is O=c1n(Cc2ccnc3ccccc23)c(Cc2ccccn2)c(O)n1-c1ccc(SC(F)(F)F)cc1. The first-order valence-corrected chi connectivity index (χ1v) is 11.7. The third kappa shape index (κ3) is 4.85. The van der Waals surface area contributed by atoms with Crippen LogP contribution in [0.3, 0.4) is 0 Å². The minimum absolute atomic E-state index is 0.0183. The van der Waals surface area contributed by atoms with Crippen molar-refractivity contribution in [2.24, 2.45) is 0 Å². The molecule has 0 atom stereocenters. The van der Waals surface area contributed by atoms with Gasteiger partial charge in [-0.1, -0.05) is 24.3 Å². The summed E-state index contributed by atoms with van der Waals surface area (Å²) < 4.78 is 40.7. The second kappa shape index (κ2) is 9.54. The minimum atomic E-state index is -4.42. The lowest BCUT2D eigenvalue weighted by Gasteiger charge is -2.10. The van der Waals surface area contributed by atoms with Gasteiger partial charge in [-0.25, -0.2) is 9.36 Å². The van der Waals surface area contributed by atoms with E-state index < -0.39 is 11.2 Å². The molecular weight excluding hydrogens is 489 g/mol. The lowest BCUT2D eigenvalue weighted by Crippen LogP contribution is -2.25. The Balaban J connectivity index is 1.62. The molecule has 36 heavy (non-hydrogen) atoms. The van der Waals surface area contributed by atoms with Crippen molar-refractivity contribution in [2.45, 2.75) is 23.4 Å². The molecule has 1 N–H and O–H groups in total. The van der Waals surface area contributed by atoms with Crippen LogP contribution in [0, 0.1) is 0 Å². The molecule has 0 saturated carbocycles. The fourth-order valence-corrected chi connectivity index (χ4v) is 4.62. The van der Waals surface area contributed by atoms with Crippen molar-refractivity contribution in [2.75, 3.05) is 0 Å². The Labute approximate surface area is 207 Å². The number of alkyl halides is 3. The van der Waals surface area contributed by atoms with Crippen molar-refractivity contribution in [3.63, 3.8) is 0 Å². The van der Waals surface area contributed by atoms with Crippen LogP contribution in [0.5, 0.6) is 5.88 Å². The fraction of sp³-hybridized carbons (Fsp3) is 0.115. The van der Waals surface area contributed by atoms with E-state index >= 15 is 0 Å². The minimum Gasteiger partial charge on any atom is -0.493 e. The van der Waals surface area contributed by atoms with E-state index in [-0.39, 0.29) is 41.2 Å². The molecule has 0 spiro atoms. The van der Waals surface area contributed by atoms with Crippen molar-refractivity contribution in [1.29, 1.82) is 0 Å². The number of hydrogen-bond acceptors (Lipinski definition) is 5. The highest BCUT2D eigenvalue weighted by Crippen LogP contribution is 2.37. The van der Waals surface area contributed by atoms with Gasteiger partial charge in [-0.15, -0.1) is 0 Å². The lowest BCUT2D eigenvalue weighted by molar-refractivity contribution is -0.0328. The molecule has 182 valence electrons. The Hall–Kier alpha value is -4.05. The summed E-state index contributed by atoms with van der Waals surface area (Å²) >= 11 is -0.243. The Kier molecular flexibility index (Phi) is 6.27. The number of fused-ring (bicyclic) bond motifs is 1. The third-order valence-corrected chi connectivity index (χ3v) is 6.43. The number of halogens is 3. The van der Waals surface area contributed by atoms with Gasteiger partial charge in [0.15, 0.2) is 0 Å². The summed E-state index contributed by atoms with van der Waals surface area (Å²) in [6.07, 6.45) is 3.47. The highest BCUT2D eigenvalue weighted by Gasteiger charge is 2.29. The monoisotopic (exact) mass is 508 g/mol. The van der Waals surface area contributed by atoms with Gasteiger partial charge in [-0.2, -0.15) is 13.2 Å². The smallest absolute Gasteiger partial charge is 0.446 e. The standard InChI is InChI=1S/C26H19F3N4O2S/c27-26(28,29)36-20-10-8-19(9-11-20)33-24(34)23(15-18-5-3-4-13-30-18)32(25(33)35)16-17-12-14-31-22-7-2-1-6-21(17)22/h1-14,34H,15-16H2. The Morgan fingerprint density at radius 1 is 0.889 bits per heavy atom. The largest absolute Gasteiger partial charge is 0.493 e. The van der Waals surface area contributed by atoms with Gasteiger partial charge in [0.25, 0.3) is 0 Å². The number of aromatic nitrogens is 4. The maximum absolute atomic E-state index is 13.6. The fourth-order valence-electron chi connectivity index (χ4n) is 4.08. The summed E-state index contributed by atoms with van der Waals surface area (Å²) in [6.45, 7) is 0.159. The number of para-hydroxylation sites is 1. The number of pyridine rings is 2. The van der Waals surface area contributed by atoms with Crippen LogP contribution in [0.25, 0.3) is 16.6 Å². The van der Waals surface area contributed by atoms with Crippen LogP contribution >= 0.6 is 11.8 Å². The van der Waals surface area contributed by atoms with Crippen molar-refractivity contribution in [3.8, 4) is 11.6 Å². The number of thioether (sulfide) groups is 1. The molecule has 3 aromatic heterocycles. The second-order valence-corrected chi connectivity index (χ2v) is 9.14. The summed E-state index contributed by atoms with van der Waals surface area (Å²) in [5.41, 5.74) is -2.09. The highest BCUT2D eigenvalue weighted by atomic mass is 32.2. The van der Waals surface area contributed by atoms with Gasteiger partial charge in [0.1, 0.15) is 0 Å². The first-order chi connectivity index (χ1) is 17.3. The van der Waals surface area contributed by atoms with E-state index in [1.54, 1.807) is 24.5 Å². The van der Waals surface area contributed by atoms with Gasteiger partial charge < -0.3 is 5.11 Å². The van der Waals surface area contributed by atoms with E-state index in [1.165, 1.54) is 28.8 Å². The maximum Gasteiger partial charge on any atom is 0.446 e. The molecule has 5 aromatic rings. The Morgan fingerprint density at radius 2 is 1.64 bits per heavy atom. The molecule has 0 unspecified atom stereocenters. The van der Waals surface area contributed by atoms with Gasteiger partial charge in [-0.05, 0) is 65.9 Å². The summed E-state index contributed by atoms with van der Waals surface area (Å²) in [5, 5.41) is 12.0. The summed E-state index contributed by atoms with van der Waals surface area (Å²) in [5.74, 6) is -0.291. The third-order valence-electron chi connectivity index (χ3n) is 5.69. The average Bonchev–Trinajstić information content (AvgIpc) is 3.08. The lowest BCUT2D eigenvalue weighted by atomic mass is 10.1. The van der Waals surface area contributed by atoms with E-state index in [0.29, 0.717) is 11.4 Å². The first kappa shape index (κ1) is 23.7. The first-order valence-electron chi connectivity index (χ1n) is 10.9. The molecule has 0 amide bonds. The van der Waals surface area contributed by atoms with Gasteiger partial charge in [0.05, 0.1) is 23.4 Å². The maximum atomic E-state index is 13.6. The van der Waals surface area contributed by atoms with Crippen molar-refractivity contribution >= 4 is 22.7 Å². The molecule has 0 fully saturated rings. The van der Waals surface area contributed by atoms with E-state index in [0.717, 1.165) is 21.0 Å². The Bertz CT molecular complexity index is 1570. The molecule has 5 rings (SSSR count). The van der Waals surface area contributed by atoms with E-state index in [9.17, 15) is 23.1 Å². The molecule has 0 aliphatic carbocycles. The van der Waals surface area contributed by atoms with Crippen LogP contribution in [-0.2, 0) is 13.0 Å². The molecule has 0 aliphatic rings. The number of aromatic hydroxyl groups is 1. The van der Waals surface area contributed by atoms with Crippen molar-refractivity contribution < 1.29 is 18.3 Å². The van der Waals surface area contributed by atoms with Crippen molar-refractivity contribution in [3.05, 3.63) is 113 Å². The summed E-state index contributed by atoms with van der Waals surface area (Å²) in [7, 11) is 0. The second-order valence-electron chi connectivity index (χ2n) is 8.00. The zero-order chi connectivity index (χ0) is 25.3. The van der Waals surface area contributed by atoms with E-state index in [4.69, 9.17) is 0 Å². The normalized spacial score (nSPS) is 11.8. The molecule has 0 radical (unpaired) electrons. The van der Waals surface area contributed by atoms with Crippen molar-refractivity contribution in [1.82, 2.24) is 19.1 Å². The quantitative estimate of drug-likeness (QED) is 0.305. The summed E-state index contributed by atoms with van der Waals surface area (Å²) in [4.78, 5) is 22.3. The molecule has 10 heteroatoms. The predicted octanol–water partition coefficient (Wildman–Crippen LogP) is 5.54. The molecule has 2 aromatic carbocycles. The molecule has 6 nitrogen and oxygen atoms in total.